The zero-order valence-corrected chi connectivity index (χ0v) is 6.34. The minimum Gasteiger partial charge on any atom is -0.503 e. The Bertz CT molecular complexity index is 198. The van der Waals surface area contributed by atoms with Crippen LogP contribution in [0, 0.1) is 0 Å². The van der Waals surface area contributed by atoms with Crippen LogP contribution in [-0.4, -0.2) is 31.0 Å². The molecule has 0 spiro atoms. The van der Waals surface area contributed by atoms with Crippen LogP contribution in [0.25, 0.3) is 0 Å². The molecule has 0 aromatic heterocycles. The predicted molar refractivity (Wildman–Crippen MR) is 38.8 cm³/mol. The molecule has 0 unspecified atom stereocenters. The number of aliphatic hydroxyl groups is 1. The average Bonchev–Trinajstić information content (AvgIpc) is 2.02. The van der Waals surface area contributed by atoms with Crippen LogP contribution in [0.2, 0.25) is 0 Å². The SMILES string of the molecule is CNC(=O)/C=C(\O)C(=O)NC. The zero-order chi connectivity index (χ0) is 8.85. The van der Waals surface area contributed by atoms with E-state index in [-0.39, 0.29) is 0 Å². The van der Waals surface area contributed by atoms with Crippen molar-refractivity contribution in [3.05, 3.63) is 11.8 Å². The topological polar surface area (TPSA) is 78.4 Å². The van der Waals surface area contributed by atoms with Gasteiger partial charge in [0.25, 0.3) is 5.91 Å². The lowest BCUT2D eigenvalue weighted by molar-refractivity contribution is -0.121. The highest BCUT2D eigenvalue weighted by Crippen LogP contribution is 1.85. The van der Waals surface area contributed by atoms with Crippen molar-refractivity contribution in [1.29, 1.82) is 0 Å². The Morgan fingerprint density at radius 2 is 1.82 bits per heavy atom. The fourth-order valence-electron chi connectivity index (χ4n) is 0.390. The molecular weight excluding hydrogens is 148 g/mol. The number of carbonyl (C=O) groups is 2. The van der Waals surface area contributed by atoms with E-state index in [1.165, 1.54) is 14.1 Å². The first-order valence-corrected chi connectivity index (χ1v) is 2.96. The molecule has 0 aromatic rings. The predicted octanol–water partition coefficient (Wildman–Crippen LogP) is -1.08. The third-order valence-electron chi connectivity index (χ3n) is 0.974. The fraction of sp³-hybridized carbons (Fsp3) is 0.333. The lowest BCUT2D eigenvalue weighted by Gasteiger charge is -1.96. The van der Waals surface area contributed by atoms with Gasteiger partial charge in [-0.05, 0) is 0 Å². The van der Waals surface area contributed by atoms with E-state index in [1.54, 1.807) is 0 Å². The highest BCUT2D eigenvalue weighted by Gasteiger charge is 2.05. The van der Waals surface area contributed by atoms with Gasteiger partial charge in [0.05, 0.1) is 6.08 Å². The van der Waals surface area contributed by atoms with E-state index in [1.807, 2.05) is 0 Å². The van der Waals surface area contributed by atoms with Crippen molar-refractivity contribution < 1.29 is 14.7 Å². The number of nitrogens with one attached hydrogen (secondary N) is 2. The third kappa shape index (κ3) is 3.24. The van der Waals surface area contributed by atoms with Gasteiger partial charge in [0.1, 0.15) is 0 Å². The lowest BCUT2D eigenvalue weighted by Crippen LogP contribution is -2.23. The van der Waals surface area contributed by atoms with Crippen molar-refractivity contribution in [1.82, 2.24) is 10.6 Å². The molecule has 0 fully saturated rings. The summed E-state index contributed by atoms with van der Waals surface area (Å²) < 4.78 is 0. The molecule has 0 bridgehead atoms. The van der Waals surface area contributed by atoms with Crippen molar-refractivity contribution in [3.8, 4) is 0 Å². The molecule has 0 aromatic carbocycles. The van der Waals surface area contributed by atoms with Crippen molar-refractivity contribution >= 4 is 11.8 Å². The quantitative estimate of drug-likeness (QED) is 0.353. The minimum atomic E-state index is -0.686. The van der Waals surface area contributed by atoms with E-state index in [2.05, 4.69) is 10.6 Å². The molecule has 11 heavy (non-hydrogen) atoms. The molecule has 3 N–H and O–H groups in total. The second-order valence-electron chi connectivity index (χ2n) is 1.72. The van der Waals surface area contributed by atoms with Gasteiger partial charge in [-0.15, -0.1) is 0 Å². The highest BCUT2D eigenvalue weighted by atomic mass is 16.3. The van der Waals surface area contributed by atoms with Crippen LogP contribution in [0.3, 0.4) is 0 Å². The van der Waals surface area contributed by atoms with Gasteiger partial charge in [0.15, 0.2) is 5.76 Å². The Labute approximate surface area is 64.1 Å². The van der Waals surface area contributed by atoms with Crippen LogP contribution in [0.5, 0.6) is 0 Å². The molecule has 0 saturated carbocycles. The minimum absolute atomic E-state index is 0.522. The van der Waals surface area contributed by atoms with Crippen molar-refractivity contribution in [2.45, 2.75) is 0 Å². The van der Waals surface area contributed by atoms with E-state index in [4.69, 9.17) is 5.11 Å². The fourth-order valence-corrected chi connectivity index (χ4v) is 0.390. The number of rotatable bonds is 2. The Kier molecular flexibility index (Phi) is 3.72. The van der Waals surface area contributed by atoms with Gasteiger partial charge in [-0.3, -0.25) is 9.59 Å². The maximum absolute atomic E-state index is 10.6. The van der Waals surface area contributed by atoms with Crippen LogP contribution in [0.15, 0.2) is 11.8 Å². The second-order valence-corrected chi connectivity index (χ2v) is 1.72. The molecule has 0 aliphatic rings. The van der Waals surface area contributed by atoms with Crippen LogP contribution >= 0.6 is 0 Å². The number of amides is 2. The van der Waals surface area contributed by atoms with Crippen LogP contribution < -0.4 is 10.6 Å². The van der Waals surface area contributed by atoms with E-state index in [0.29, 0.717) is 0 Å². The van der Waals surface area contributed by atoms with Gasteiger partial charge in [-0.1, -0.05) is 0 Å². The molecule has 0 radical (unpaired) electrons. The van der Waals surface area contributed by atoms with Gasteiger partial charge >= 0.3 is 0 Å². The summed E-state index contributed by atoms with van der Waals surface area (Å²) in [7, 11) is 2.76. The van der Waals surface area contributed by atoms with Crippen LogP contribution in [-0.2, 0) is 9.59 Å². The third-order valence-corrected chi connectivity index (χ3v) is 0.974. The Morgan fingerprint density at radius 1 is 1.27 bits per heavy atom. The smallest absolute Gasteiger partial charge is 0.286 e. The van der Waals surface area contributed by atoms with Gasteiger partial charge in [-0.25, -0.2) is 0 Å². The summed E-state index contributed by atoms with van der Waals surface area (Å²) in [5, 5.41) is 13.2. The van der Waals surface area contributed by atoms with E-state index in [0.717, 1.165) is 6.08 Å². The number of aliphatic hydroxyl groups excluding tert-OH is 1. The summed E-state index contributed by atoms with van der Waals surface area (Å²) in [5.74, 6) is -1.81. The molecule has 5 heteroatoms. The van der Waals surface area contributed by atoms with E-state index < -0.39 is 17.6 Å². The van der Waals surface area contributed by atoms with E-state index in [9.17, 15) is 9.59 Å². The normalized spacial score (nSPS) is 10.5. The number of hydrogen-bond acceptors (Lipinski definition) is 3. The van der Waals surface area contributed by atoms with Gasteiger partial charge in [-0.2, -0.15) is 0 Å². The maximum Gasteiger partial charge on any atom is 0.286 e. The Hall–Kier alpha value is -1.52. The maximum atomic E-state index is 10.6. The molecular formula is C6H10N2O3. The van der Waals surface area contributed by atoms with Crippen LogP contribution in [0.4, 0.5) is 0 Å². The number of carbonyl (C=O) groups excluding carboxylic acids is 2. The summed E-state index contributed by atoms with van der Waals surface area (Å²) >= 11 is 0. The summed E-state index contributed by atoms with van der Waals surface area (Å²) in [5.41, 5.74) is 0. The van der Waals surface area contributed by atoms with Gasteiger partial charge in [0, 0.05) is 14.1 Å². The van der Waals surface area contributed by atoms with Crippen LogP contribution in [0.1, 0.15) is 0 Å². The first-order valence-electron chi connectivity index (χ1n) is 2.96. The Balaban J connectivity index is 4.21. The molecule has 0 aliphatic carbocycles. The number of hydrogen-bond donors (Lipinski definition) is 3. The highest BCUT2D eigenvalue weighted by molar-refractivity contribution is 5.98. The molecule has 0 atom stereocenters. The summed E-state index contributed by atoms with van der Waals surface area (Å²) in [6.07, 6.45) is 0.804. The Morgan fingerprint density at radius 3 is 2.18 bits per heavy atom. The zero-order valence-electron chi connectivity index (χ0n) is 6.34. The molecule has 62 valence electrons. The monoisotopic (exact) mass is 158 g/mol. The first kappa shape index (κ1) is 9.48. The summed E-state index contributed by atoms with van der Waals surface area (Å²) in [6, 6.07) is 0. The molecule has 0 saturated heterocycles. The van der Waals surface area contributed by atoms with Crippen molar-refractivity contribution in [3.63, 3.8) is 0 Å². The molecule has 2 amide bonds. The van der Waals surface area contributed by atoms with Gasteiger partial charge in [0.2, 0.25) is 5.91 Å². The molecule has 5 nitrogen and oxygen atoms in total. The summed E-state index contributed by atoms with van der Waals surface area (Å²) in [6.45, 7) is 0. The van der Waals surface area contributed by atoms with Gasteiger partial charge < -0.3 is 15.7 Å². The second kappa shape index (κ2) is 4.32. The molecule has 0 rings (SSSR count). The average molecular weight is 158 g/mol. The lowest BCUT2D eigenvalue weighted by atomic mass is 10.4. The van der Waals surface area contributed by atoms with Crippen molar-refractivity contribution in [2.75, 3.05) is 14.1 Å². The molecule has 0 heterocycles. The molecule has 0 aliphatic heterocycles. The first-order chi connectivity index (χ1) is 5.11. The number of likely N-dealkylation sites (N-methyl/N-ethyl adjacent to an activating group) is 2. The standard InChI is InChI=1S/C6H10N2O3/c1-7-5(10)3-4(9)6(11)8-2/h3,9H,1-2H3,(H,7,10)(H,8,11)/b4-3-. The largest absolute Gasteiger partial charge is 0.503 e. The van der Waals surface area contributed by atoms with E-state index >= 15 is 0 Å². The van der Waals surface area contributed by atoms with Crippen molar-refractivity contribution in [2.24, 2.45) is 0 Å². The summed E-state index contributed by atoms with van der Waals surface area (Å²) in [4.78, 5) is 21.1.